The third-order valence-electron chi connectivity index (χ3n) is 5.88. The molecule has 4 nitrogen and oxygen atoms in total. The molecule has 2 aliphatic rings. The molecule has 2 aromatic rings. The summed E-state index contributed by atoms with van der Waals surface area (Å²) in [6.07, 6.45) is 1.67. The van der Waals surface area contributed by atoms with Gasteiger partial charge in [0.05, 0.1) is 24.8 Å². The molecule has 4 rings (SSSR count). The number of morpholine rings is 1. The van der Waals surface area contributed by atoms with Crippen LogP contribution < -0.4 is 0 Å². The quantitative estimate of drug-likeness (QED) is 0.780. The number of ketones is 1. The highest BCUT2D eigenvalue weighted by Crippen LogP contribution is 2.34. The van der Waals surface area contributed by atoms with Crippen LogP contribution in [0.2, 0.25) is 0 Å². The molecule has 0 radical (unpaired) electrons. The molecule has 138 valence electrons. The molecular weight excluding hydrogens is 336 g/mol. The summed E-state index contributed by atoms with van der Waals surface area (Å²) in [5.41, 5.74) is 3.54. The number of nitrogens with zero attached hydrogens (tertiary/aromatic N) is 2. The van der Waals surface area contributed by atoms with Crippen molar-refractivity contribution < 1.29 is 9.53 Å². The van der Waals surface area contributed by atoms with Crippen LogP contribution in [0.5, 0.6) is 0 Å². The van der Waals surface area contributed by atoms with E-state index in [4.69, 9.17) is 10.00 Å². The first-order chi connectivity index (χ1) is 13.2. The van der Waals surface area contributed by atoms with E-state index in [1.54, 1.807) is 12.1 Å². The lowest BCUT2D eigenvalue weighted by atomic mass is 9.80. The van der Waals surface area contributed by atoms with Crippen LogP contribution >= 0.6 is 0 Å². The lowest BCUT2D eigenvalue weighted by Crippen LogP contribution is -2.57. The fourth-order valence-corrected chi connectivity index (χ4v) is 4.43. The number of ether oxygens (including phenoxy) is 1. The maximum atomic E-state index is 13.1. The average molecular weight is 360 g/mol. The number of hydrogen-bond donors (Lipinski definition) is 0. The van der Waals surface area contributed by atoms with E-state index in [-0.39, 0.29) is 23.8 Å². The van der Waals surface area contributed by atoms with Crippen molar-refractivity contribution in [3.05, 3.63) is 70.8 Å². The summed E-state index contributed by atoms with van der Waals surface area (Å²) in [4.78, 5) is 15.6. The Labute approximate surface area is 160 Å². The second-order valence-corrected chi connectivity index (χ2v) is 7.68. The van der Waals surface area contributed by atoms with Crippen LogP contribution in [-0.4, -0.2) is 36.0 Å². The SMILES string of the molecule is Cc1cc(C(=O)C2CC3COCC(C2)N3Cc2ccccc2)ccc1C#N. The Kier molecular flexibility index (Phi) is 5.07. The van der Waals surface area contributed by atoms with Crippen LogP contribution in [0.4, 0.5) is 0 Å². The van der Waals surface area contributed by atoms with Crippen molar-refractivity contribution in [3.63, 3.8) is 0 Å². The maximum Gasteiger partial charge on any atom is 0.166 e. The van der Waals surface area contributed by atoms with Crippen molar-refractivity contribution in [2.24, 2.45) is 5.92 Å². The number of fused-ring (bicyclic) bond motifs is 2. The lowest BCUT2D eigenvalue weighted by Gasteiger charge is -2.48. The fourth-order valence-electron chi connectivity index (χ4n) is 4.43. The minimum Gasteiger partial charge on any atom is -0.378 e. The van der Waals surface area contributed by atoms with Gasteiger partial charge in [-0.3, -0.25) is 9.69 Å². The van der Waals surface area contributed by atoms with Crippen LogP contribution in [0.1, 0.15) is 39.9 Å². The van der Waals surface area contributed by atoms with Crippen molar-refractivity contribution >= 4 is 5.78 Å². The number of carbonyl (C=O) groups excluding carboxylic acids is 1. The Balaban J connectivity index is 1.50. The molecule has 0 spiro atoms. The number of rotatable bonds is 4. The van der Waals surface area contributed by atoms with Gasteiger partial charge in [0.15, 0.2) is 5.78 Å². The number of hydrogen-bond acceptors (Lipinski definition) is 4. The molecule has 2 heterocycles. The normalized spacial score (nSPS) is 25.0. The maximum absolute atomic E-state index is 13.1. The van der Waals surface area contributed by atoms with E-state index >= 15 is 0 Å². The zero-order chi connectivity index (χ0) is 18.8. The molecule has 0 N–H and O–H groups in total. The van der Waals surface area contributed by atoms with Crippen LogP contribution in [-0.2, 0) is 11.3 Å². The third-order valence-corrected chi connectivity index (χ3v) is 5.88. The highest BCUT2D eigenvalue weighted by atomic mass is 16.5. The first kappa shape index (κ1) is 17.9. The van der Waals surface area contributed by atoms with Gasteiger partial charge in [-0.25, -0.2) is 0 Å². The molecule has 0 aliphatic carbocycles. The third kappa shape index (κ3) is 3.66. The largest absolute Gasteiger partial charge is 0.378 e. The Morgan fingerprint density at radius 2 is 1.85 bits per heavy atom. The molecule has 0 saturated carbocycles. The van der Waals surface area contributed by atoms with Crippen molar-refractivity contribution in [2.75, 3.05) is 13.2 Å². The van der Waals surface area contributed by atoms with E-state index in [0.29, 0.717) is 18.8 Å². The Bertz CT molecular complexity index is 858. The van der Waals surface area contributed by atoms with E-state index in [1.807, 2.05) is 19.1 Å². The van der Waals surface area contributed by atoms with Crippen LogP contribution in [0, 0.1) is 24.2 Å². The molecular formula is C23H24N2O2. The van der Waals surface area contributed by atoms with Gasteiger partial charge in [-0.15, -0.1) is 0 Å². The van der Waals surface area contributed by atoms with Gasteiger partial charge in [-0.05, 0) is 43.0 Å². The molecule has 0 aromatic heterocycles. The van der Waals surface area contributed by atoms with Crippen LogP contribution in [0.25, 0.3) is 0 Å². The summed E-state index contributed by atoms with van der Waals surface area (Å²) < 4.78 is 5.80. The molecule has 4 heteroatoms. The summed E-state index contributed by atoms with van der Waals surface area (Å²) >= 11 is 0. The van der Waals surface area contributed by atoms with Gasteiger partial charge in [-0.2, -0.15) is 5.26 Å². The topological polar surface area (TPSA) is 53.3 Å². The predicted molar refractivity (Wildman–Crippen MR) is 103 cm³/mol. The number of aryl methyl sites for hydroxylation is 1. The minimum absolute atomic E-state index is 0.0308. The highest BCUT2D eigenvalue weighted by Gasteiger charge is 2.41. The first-order valence-corrected chi connectivity index (χ1v) is 9.58. The van der Waals surface area contributed by atoms with Gasteiger partial charge in [-0.1, -0.05) is 36.4 Å². The van der Waals surface area contributed by atoms with Crippen LogP contribution in [0.15, 0.2) is 48.5 Å². The molecule has 2 aliphatic heterocycles. The summed E-state index contributed by atoms with van der Waals surface area (Å²) in [5, 5.41) is 9.10. The van der Waals surface area contributed by atoms with E-state index in [0.717, 1.165) is 30.5 Å². The number of benzene rings is 2. The van der Waals surface area contributed by atoms with Gasteiger partial charge in [0.1, 0.15) is 0 Å². The smallest absolute Gasteiger partial charge is 0.166 e. The zero-order valence-corrected chi connectivity index (χ0v) is 15.6. The predicted octanol–water partition coefficient (Wildman–Crippen LogP) is 3.73. The summed E-state index contributed by atoms with van der Waals surface area (Å²) in [7, 11) is 0. The number of carbonyl (C=O) groups is 1. The van der Waals surface area contributed by atoms with Gasteiger partial charge in [0.2, 0.25) is 0 Å². The van der Waals surface area contributed by atoms with Gasteiger partial charge in [0.25, 0.3) is 0 Å². The first-order valence-electron chi connectivity index (χ1n) is 9.58. The summed E-state index contributed by atoms with van der Waals surface area (Å²) in [6.45, 7) is 4.19. The van der Waals surface area contributed by atoms with Crippen molar-refractivity contribution in [1.29, 1.82) is 5.26 Å². The van der Waals surface area contributed by atoms with Gasteiger partial charge >= 0.3 is 0 Å². The molecule has 2 saturated heterocycles. The second kappa shape index (κ2) is 7.64. The summed E-state index contributed by atoms with van der Waals surface area (Å²) in [5.74, 6) is 0.238. The van der Waals surface area contributed by atoms with Crippen molar-refractivity contribution in [2.45, 2.75) is 38.4 Å². The van der Waals surface area contributed by atoms with E-state index in [1.165, 1.54) is 5.56 Å². The van der Waals surface area contributed by atoms with E-state index < -0.39 is 0 Å². The molecule has 2 fully saturated rings. The fraction of sp³-hybridized carbons (Fsp3) is 0.391. The number of Topliss-reactive ketones (excluding diaryl/α,β-unsaturated/α-hetero) is 1. The highest BCUT2D eigenvalue weighted by molar-refractivity contribution is 5.98. The molecule has 27 heavy (non-hydrogen) atoms. The monoisotopic (exact) mass is 360 g/mol. The number of piperidine rings is 1. The van der Waals surface area contributed by atoms with Crippen molar-refractivity contribution in [1.82, 2.24) is 4.90 Å². The van der Waals surface area contributed by atoms with Crippen molar-refractivity contribution in [3.8, 4) is 6.07 Å². The average Bonchev–Trinajstić information content (AvgIpc) is 2.68. The molecule has 2 unspecified atom stereocenters. The second-order valence-electron chi connectivity index (χ2n) is 7.68. The minimum atomic E-state index is 0.0308. The summed E-state index contributed by atoms with van der Waals surface area (Å²) in [6, 6.07) is 18.7. The molecule has 2 bridgehead atoms. The standard InChI is InChI=1S/C23H24N2O2/c1-16-9-18(7-8-19(16)12-24)23(26)20-10-21-14-27-15-22(11-20)25(21)13-17-5-3-2-4-6-17/h2-9,20-22H,10-11,13-15H2,1H3. The lowest BCUT2D eigenvalue weighted by molar-refractivity contribution is -0.0872. The van der Waals surface area contributed by atoms with Gasteiger partial charge < -0.3 is 4.74 Å². The number of nitriles is 1. The van der Waals surface area contributed by atoms with Crippen LogP contribution in [0.3, 0.4) is 0 Å². The van der Waals surface area contributed by atoms with Gasteiger partial charge in [0, 0.05) is 30.1 Å². The van der Waals surface area contributed by atoms with E-state index in [2.05, 4.69) is 35.2 Å². The molecule has 2 atom stereocenters. The Hall–Kier alpha value is -2.48. The van der Waals surface area contributed by atoms with E-state index in [9.17, 15) is 4.79 Å². The Morgan fingerprint density at radius 1 is 1.15 bits per heavy atom. The zero-order valence-electron chi connectivity index (χ0n) is 15.6. The molecule has 2 aromatic carbocycles. The molecule has 0 amide bonds. The Morgan fingerprint density at radius 3 is 2.48 bits per heavy atom.